The fraction of sp³-hybridized carbons (Fsp3) is 0.296. The SMILES string of the molecule is COc1ccc(NS(=O)(=O)c2ccc(NS(=O)(=O)c3ccc(SC)c(C(=O)N4CCCCC4)c3)cc2)c(OC)c1. The van der Waals surface area contributed by atoms with Gasteiger partial charge >= 0.3 is 0 Å². The van der Waals surface area contributed by atoms with Crippen molar-refractivity contribution in [1.29, 1.82) is 0 Å². The van der Waals surface area contributed by atoms with Gasteiger partial charge in [-0.25, -0.2) is 16.8 Å². The van der Waals surface area contributed by atoms with Crippen molar-refractivity contribution in [2.75, 3.05) is 43.0 Å². The van der Waals surface area contributed by atoms with Gasteiger partial charge in [0, 0.05) is 29.7 Å². The summed E-state index contributed by atoms with van der Waals surface area (Å²) in [6.45, 7) is 1.30. The van der Waals surface area contributed by atoms with E-state index in [0.29, 0.717) is 29.3 Å². The van der Waals surface area contributed by atoms with Crippen LogP contribution in [-0.2, 0) is 20.0 Å². The van der Waals surface area contributed by atoms with Gasteiger partial charge in [-0.1, -0.05) is 0 Å². The number of anilines is 2. The lowest BCUT2D eigenvalue weighted by atomic mass is 10.1. The average molecular weight is 606 g/mol. The van der Waals surface area contributed by atoms with E-state index < -0.39 is 20.0 Å². The number of hydrogen-bond donors (Lipinski definition) is 2. The standard InChI is InChI=1S/C27H31N3O7S3/c1-36-20-9-13-24(25(17-20)37-2)29-39(32,33)21-10-7-19(8-11-21)28-40(34,35)22-12-14-26(38-3)23(18-22)27(31)30-15-5-4-6-16-30/h7-14,17-18,28-29H,4-6,15-16H2,1-3H3. The molecule has 214 valence electrons. The molecule has 3 aromatic rings. The molecule has 0 unspecified atom stereocenters. The Morgan fingerprint density at radius 2 is 1.45 bits per heavy atom. The van der Waals surface area contributed by atoms with Crippen LogP contribution in [0.1, 0.15) is 29.6 Å². The fourth-order valence-corrected chi connectivity index (χ4v) is 7.02. The minimum atomic E-state index is -4.06. The van der Waals surface area contributed by atoms with Gasteiger partial charge in [-0.2, -0.15) is 0 Å². The fourth-order valence-electron chi connectivity index (χ4n) is 4.29. The number of hydrogen-bond acceptors (Lipinski definition) is 8. The van der Waals surface area contributed by atoms with E-state index in [2.05, 4.69) is 9.44 Å². The van der Waals surface area contributed by atoms with Crippen molar-refractivity contribution < 1.29 is 31.1 Å². The molecular weight excluding hydrogens is 575 g/mol. The van der Waals surface area contributed by atoms with Gasteiger partial charge in [0.05, 0.1) is 35.3 Å². The monoisotopic (exact) mass is 605 g/mol. The molecule has 1 aliphatic rings. The second-order valence-corrected chi connectivity index (χ2v) is 13.2. The number of carbonyl (C=O) groups is 1. The first-order valence-electron chi connectivity index (χ1n) is 12.4. The second kappa shape index (κ2) is 12.4. The van der Waals surface area contributed by atoms with E-state index in [1.165, 1.54) is 68.4 Å². The van der Waals surface area contributed by atoms with Crippen LogP contribution in [0, 0.1) is 0 Å². The summed E-state index contributed by atoms with van der Waals surface area (Å²) in [4.78, 5) is 15.5. The second-order valence-electron chi connectivity index (χ2n) is 9.02. The molecule has 40 heavy (non-hydrogen) atoms. The minimum absolute atomic E-state index is 0.0596. The Labute approximate surface area is 239 Å². The average Bonchev–Trinajstić information content (AvgIpc) is 2.97. The molecule has 1 heterocycles. The van der Waals surface area contributed by atoms with E-state index in [0.717, 1.165) is 19.3 Å². The summed E-state index contributed by atoms with van der Waals surface area (Å²) >= 11 is 1.38. The molecule has 1 amide bonds. The van der Waals surface area contributed by atoms with Gasteiger partial charge < -0.3 is 14.4 Å². The highest BCUT2D eigenvalue weighted by Crippen LogP contribution is 2.31. The molecule has 4 rings (SSSR count). The number of methoxy groups -OCH3 is 2. The lowest BCUT2D eigenvalue weighted by Crippen LogP contribution is -2.36. The molecule has 1 aliphatic heterocycles. The molecule has 1 saturated heterocycles. The highest BCUT2D eigenvalue weighted by atomic mass is 32.2. The van der Waals surface area contributed by atoms with Crippen molar-refractivity contribution in [3.8, 4) is 11.5 Å². The van der Waals surface area contributed by atoms with Gasteiger partial charge in [0.15, 0.2) is 0 Å². The molecule has 0 aliphatic carbocycles. The number of benzene rings is 3. The number of thioether (sulfide) groups is 1. The summed E-state index contributed by atoms with van der Waals surface area (Å²) in [5, 5.41) is 0. The molecule has 0 atom stereocenters. The third-order valence-corrected chi connectivity index (χ3v) is 9.98. The third kappa shape index (κ3) is 6.65. The predicted molar refractivity (Wildman–Crippen MR) is 156 cm³/mol. The Kier molecular flexibility index (Phi) is 9.16. The van der Waals surface area contributed by atoms with E-state index in [-0.39, 0.29) is 32.8 Å². The maximum Gasteiger partial charge on any atom is 0.262 e. The van der Waals surface area contributed by atoms with Gasteiger partial charge in [-0.15, -0.1) is 11.8 Å². The van der Waals surface area contributed by atoms with Crippen LogP contribution in [0.2, 0.25) is 0 Å². The van der Waals surface area contributed by atoms with Crippen LogP contribution in [0.15, 0.2) is 75.4 Å². The van der Waals surface area contributed by atoms with Crippen molar-refractivity contribution in [1.82, 2.24) is 4.90 Å². The van der Waals surface area contributed by atoms with Crippen LogP contribution in [0.4, 0.5) is 11.4 Å². The summed E-state index contributed by atoms with van der Waals surface area (Å²) in [6.07, 6.45) is 4.76. The van der Waals surface area contributed by atoms with E-state index in [1.807, 2.05) is 6.26 Å². The summed E-state index contributed by atoms with van der Waals surface area (Å²) in [5.41, 5.74) is 0.731. The molecule has 0 saturated carbocycles. The highest BCUT2D eigenvalue weighted by Gasteiger charge is 2.24. The quantitative estimate of drug-likeness (QED) is 0.319. The molecule has 13 heteroatoms. The zero-order valence-corrected chi connectivity index (χ0v) is 24.8. The Balaban J connectivity index is 1.53. The molecule has 10 nitrogen and oxygen atoms in total. The first-order valence-corrected chi connectivity index (χ1v) is 16.6. The van der Waals surface area contributed by atoms with Crippen LogP contribution in [0.5, 0.6) is 11.5 Å². The molecule has 1 fully saturated rings. The molecule has 0 aromatic heterocycles. The van der Waals surface area contributed by atoms with Gasteiger partial charge in [0.2, 0.25) is 0 Å². The molecule has 0 spiro atoms. The summed E-state index contributed by atoms with van der Waals surface area (Å²) in [5.74, 6) is 0.595. The lowest BCUT2D eigenvalue weighted by Gasteiger charge is -2.27. The lowest BCUT2D eigenvalue weighted by molar-refractivity contribution is 0.0720. The van der Waals surface area contributed by atoms with Crippen molar-refractivity contribution in [2.24, 2.45) is 0 Å². The predicted octanol–water partition coefficient (Wildman–Crippen LogP) is 4.65. The normalized spacial score (nSPS) is 13.9. The Hall–Kier alpha value is -3.42. The van der Waals surface area contributed by atoms with Crippen LogP contribution >= 0.6 is 11.8 Å². The largest absolute Gasteiger partial charge is 0.497 e. The number of sulfonamides is 2. The number of nitrogens with one attached hydrogen (secondary N) is 2. The van der Waals surface area contributed by atoms with Crippen molar-refractivity contribution in [3.05, 3.63) is 66.2 Å². The number of rotatable bonds is 10. The highest BCUT2D eigenvalue weighted by molar-refractivity contribution is 7.98. The number of nitrogens with zero attached hydrogens (tertiary/aromatic N) is 1. The summed E-state index contributed by atoms with van der Waals surface area (Å²) in [7, 11) is -5.17. The van der Waals surface area contributed by atoms with Crippen LogP contribution in [0.25, 0.3) is 0 Å². The minimum Gasteiger partial charge on any atom is -0.497 e. The molecule has 2 N–H and O–H groups in total. The maximum absolute atomic E-state index is 13.2. The van der Waals surface area contributed by atoms with E-state index >= 15 is 0 Å². The third-order valence-electron chi connectivity index (χ3n) is 6.42. The zero-order valence-electron chi connectivity index (χ0n) is 22.3. The topological polar surface area (TPSA) is 131 Å². The molecule has 0 bridgehead atoms. The van der Waals surface area contributed by atoms with Gasteiger partial charge in [-0.05, 0) is 80.1 Å². The maximum atomic E-state index is 13.2. The van der Waals surface area contributed by atoms with Crippen molar-refractivity contribution in [3.63, 3.8) is 0 Å². The Morgan fingerprint density at radius 3 is 2.08 bits per heavy atom. The Bertz CT molecular complexity index is 1590. The van der Waals surface area contributed by atoms with Crippen LogP contribution in [0.3, 0.4) is 0 Å². The number of piperidine rings is 1. The number of ether oxygens (including phenoxy) is 2. The Morgan fingerprint density at radius 1 is 0.800 bits per heavy atom. The van der Waals surface area contributed by atoms with Crippen LogP contribution in [-0.4, -0.2) is 61.2 Å². The summed E-state index contributed by atoms with van der Waals surface area (Å²) < 4.78 is 67.6. The smallest absolute Gasteiger partial charge is 0.262 e. The molecule has 0 radical (unpaired) electrons. The molecular formula is C27H31N3O7S3. The van der Waals surface area contributed by atoms with Crippen molar-refractivity contribution in [2.45, 2.75) is 33.9 Å². The van der Waals surface area contributed by atoms with E-state index in [1.54, 1.807) is 23.1 Å². The van der Waals surface area contributed by atoms with Crippen molar-refractivity contribution >= 4 is 49.1 Å². The van der Waals surface area contributed by atoms with Gasteiger partial charge in [0.25, 0.3) is 26.0 Å². The first kappa shape index (κ1) is 29.6. The zero-order chi connectivity index (χ0) is 28.9. The molecule has 3 aromatic carbocycles. The number of likely N-dealkylation sites (tertiary alicyclic amines) is 1. The number of amides is 1. The van der Waals surface area contributed by atoms with Crippen LogP contribution < -0.4 is 18.9 Å². The van der Waals surface area contributed by atoms with E-state index in [9.17, 15) is 21.6 Å². The van der Waals surface area contributed by atoms with E-state index in [4.69, 9.17) is 9.47 Å². The van der Waals surface area contributed by atoms with Gasteiger partial charge in [-0.3, -0.25) is 14.2 Å². The van der Waals surface area contributed by atoms with Gasteiger partial charge in [0.1, 0.15) is 11.5 Å². The number of carbonyl (C=O) groups excluding carboxylic acids is 1. The first-order chi connectivity index (χ1) is 19.1. The summed E-state index contributed by atoms with van der Waals surface area (Å²) in [6, 6.07) is 14.4.